The first-order valence-electron chi connectivity index (χ1n) is 15.8. The maximum Gasteiger partial charge on any atom is 0.255 e. The number of hydrogen-bond acceptors (Lipinski definition) is 7. The third kappa shape index (κ3) is 8.74. The number of thiazole rings is 1. The Kier molecular flexibility index (Phi) is 11.1. The van der Waals surface area contributed by atoms with Crippen LogP contribution in [0.25, 0.3) is 11.3 Å². The molecule has 1 spiro atoms. The fourth-order valence-corrected chi connectivity index (χ4v) is 7.02. The van der Waals surface area contributed by atoms with Crippen LogP contribution in [0.5, 0.6) is 5.75 Å². The van der Waals surface area contributed by atoms with Gasteiger partial charge in [-0.1, -0.05) is 67.9 Å². The molecule has 0 bridgehead atoms. The number of carbonyl (C=O) groups is 3. The van der Waals surface area contributed by atoms with Crippen LogP contribution in [0.4, 0.5) is 5.13 Å². The average Bonchev–Trinajstić information content (AvgIpc) is 3.40. The minimum atomic E-state index is -0.699. The lowest BCUT2D eigenvalue weighted by Crippen LogP contribution is -2.52. The molecule has 11 heteroatoms. The number of rotatable bonds is 6. The van der Waals surface area contributed by atoms with Gasteiger partial charge in [-0.05, 0) is 75.2 Å². The normalized spacial score (nSPS) is 19.8. The summed E-state index contributed by atoms with van der Waals surface area (Å²) in [5.41, 5.74) is 2.03. The molecule has 0 aliphatic carbocycles. The average molecular weight is 664 g/mol. The summed E-state index contributed by atoms with van der Waals surface area (Å²) in [6.07, 6.45) is 6.91. The van der Waals surface area contributed by atoms with Crippen LogP contribution in [0.15, 0.2) is 60.7 Å². The number of halogens is 1. The first kappa shape index (κ1) is 33.6. The summed E-state index contributed by atoms with van der Waals surface area (Å²) in [4.78, 5) is 47.7. The predicted octanol–water partition coefficient (Wildman–Crippen LogP) is 6.09. The van der Waals surface area contributed by atoms with Gasteiger partial charge in [0.25, 0.3) is 5.91 Å². The molecule has 0 radical (unpaired) electrons. The fourth-order valence-electron chi connectivity index (χ4n) is 6.00. The van der Waals surface area contributed by atoms with E-state index < -0.39 is 11.9 Å². The van der Waals surface area contributed by atoms with Gasteiger partial charge in [-0.25, -0.2) is 4.98 Å². The minimum Gasteiger partial charge on any atom is -0.489 e. The number of piperidine rings is 1. The van der Waals surface area contributed by atoms with E-state index in [0.29, 0.717) is 41.0 Å². The molecule has 1 atom stereocenters. The van der Waals surface area contributed by atoms with Crippen LogP contribution in [-0.4, -0.2) is 66.4 Å². The Bertz CT molecular complexity index is 1570. The van der Waals surface area contributed by atoms with Crippen LogP contribution in [0, 0.1) is 18.3 Å². The van der Waals surface area contributed by atoms with E-state index in [-0.39, 0.29) is 29.7 Å². The lowest BCUT2D eigenvalue weighted by Gasteiger charge is -2.41. The molecule has 1 aromatic heterocycles. The summed E-state index contributed by atoms with van der Waals surface area (Å²) < 4.78 is 5.96. The quantitative estimate of drug-likeness (QED) is 0.275. The molecule has 3 heterocycles. The van der Waals surface area contributed by atoms with Gasteiger partial charge in [0.05, 0.1) is 17.8 Å². The number of carbonyl (C=O) groups excluding carboxylic acids is 3. The molecule has 5 rings (SSSR count). The highest BCUT2D eigenvalue weighted by Gasteiger charge is 2.36. The Morgan fingerprint density at radius 2 is 1.91 bits per heavy atom. The molecular weight excluding hydrogens is 622 g/mol. The fraction of sp³-hybridized carbons (Fsp3) is 0.429. The van der Waals surface area contributed by atoms with Gasteiger partial charge in [0.15, 0.2) is 5.13 Å². The van der Waals surface area contributed by atoms with E-state index in [9.17, 15) is 14.4 Å². The van der Waals surface area contributed by atoms with Gasteiger partial charge in [0, 0.05) is 22.0 Å². The Morgan fingerprint density at radius 1 is 1.15 bits per heavy atom. The highest BCUT2D eigenvalue weighted by molar-refractivity contribution is 7.16. The lowest BCUT2D eigenvalue weighted by atomic mass is 9.75. The summed E-state index contributed by atoms with van der Waals surface area (Å²) in [7, 11) is 0. The largest absolute Gasteiger partial charge is 0.489 e. The number of anilines is 1. The molecule has 3 aromatic rings. The molecule has 244 valence electrons. The van der Waals surface area contributed by atoms with E-state index in [0.717, 1.165) is 48.5 Å². The Morgan fingerprint density at radius 3 is 2.65 bits per heavy atom. The third-order valence-corrected chi connectivity index (χ3v) is 9.70. The SMILES string of the molecule is Cc1sc(NC(=O)CN2CCC3(C/C=C/COc4ccc(Cl)cc4C(=O)N[C@@H](CC(C)C)C(=O)NC3)CC2)nc1-c1ccccc1. The van der Waals surface area contributed by atoms with Gasteiger partial charge in [-0.15, -0.1) is 11.3 Å². The molecule has 2 aliphatic rings. The van der Waals surface area contributed by atoms with Gasteiger partial charge < -0.3 is 20.7 Å². The highest BCUT2D eigenvalue weighted by Crippen LogP contribution is 2.36. The molecule has 1 saturated heterocycles. The van der Waals surface area contributed by atoms with E-state index >= 15 is 0 Å². The van der Waals surface area contributed by atoms with Crippen molar-refractivity contribution < 1.29 is 19.1 Å². The van der Waals surface area contributed by atoms with Crippen molar-refractivity contribution in [1.29, 1.82) is 0 Å². The molecule has 3 N–H and O–H groups in total. The van der Waals surface area contributed by atoms with Gasteiger partial charge in [-0.2, -0.15) is 0 Å². The van der Waals surface area contributed by atoms with E-state index in [1.807, 2.05) is 57.2 Å². The second-order valence-electron chi connectivity index (χ2n) is 12.6. The number of aryl methyl sites for hydroxylation is 1. The number of fused-ring (bicyclic) bond motifs is 1. The van der Waals surface area contributed by atoms with Crippen LogP contribution in [-0.2, 0) is 9.59 Å². The zero-order valence-corrected chi connectivity index (χ0v) is 28.2. The molecule has 0 unspecified atom stereocenters. The van der Waals surface area contributed by atoms with Crippen LogP contribution < -0.4 is 20.7 Å². The van der Waals surface area contributed by atoms with Crippen molar-refractivity contribution in [3.8, 4) is 17.0 Å². The number of nitrogens with one attached hydrogen (secondary N) is 3. The molecule has 3 amide bonds. The number of likely N-dealkylation sites (tertiary alicyclic amines) is 1. The third-order valence-electron chi connectivity index (χ3n) is 8.58. The number of allylic oxidation sites excluding steroid dienone is 1. The van der Waals surface area contributed by atoms with Gasteiger partial charge in [-0.3, -0.25) is 19.3 Å². The summed E-state index contributed by atoms with van der Waals surface area (Å²) in [6.45, 7) is 8.55. The Labute approximate surface area is 279 Å². The molecule has 2 aliphatic heterocycles. The van der Waals surface area contributed by atoms with Crippen molar-refractivity contribution in [1.82, 2.24) is 20.5 Å². The van der Waals surface area contributed by atoms with Crippen molar-refractivity contribution >= 4 is 45.8 Å². The summed E-state index contributed by atoms with van der Waals surface area (Å²) in [5.74, 6) is -0.0888. The van der Waals surface area contributed by atoms with Gasteiger partial charge >= 0.3 is 0 Å². The Balaban J connectivity index is 1.23. The van der Waals surface area contributed by atoms with E-state index in [4.69, 9.17) is 16.3 Å². The van der Waals surface area contributed by atoms with E-state index in [1.54, 1.807) is 18.2 Å². The van der Waals surface area contributed by atoms with Crippen molar-refractivity contribution in [2.24, 2.45) is 11.3 Å². The highest BCUT2D eigenvalue weighted by atomic mass is 35.5. The van der Waals surface area contributed by atoms with Crippen LogP contribution in [0.1, 0.15) is 54.8 Å². The number of benzene rings is 2. The van der Waals surface area contributed by atoms with Crippen LogP contribution >= 0.6 is 22.9 Å². The maximum atomic E-state index is 13.5. The number of nitrogens with zero attached hydrogens (tertiary/aromatic N) is 2. The molecule has 2 aromatic carbocycles. The number of hydrogen-bond donors (Lipinski definition) is 3. The number of amides is 3. The second kappa shape index (κ2) is 15.2. The smallest absolute Gasteiger partial charge is 0.255 e. The molecule has 9 nitrogen and oxygen atoms in total. The van der Waals surface area contributed by atoms with Crippen molar-refractivity contribution in [2.75, 3.05) is 38.1 Å². The summed E-state index contributed by atoms with van der Waals surface area (Å²) >= 11 is 7.67. The molecule has 0 saturated carbocycles. The first-order valence-corrected chi connectivity index (χ1v) is 17.0. The number of ether oxygens (including phenoxy) is 1. The van der Waals surface area contributed by atoms with Crippen molar-refractivity contribution in [2.45, 2.75) is 52.5 Å². The summed E-state index contributed by atoms with van der Waals surface area (Å²) in [5, 5.41) is 10.1. The molecule has 1 fully saturated rings. The first-order chi connectivity index (χ1) is 22.1. The van der Waals surface area contributed by atoms with E-state index in [1.165, 1.54) is 11.3 Å². The standard InChI is InChI=1S/C35H42ClN5O4S/c1-23(2)19-28-33(44)37-22-35(13-7-8-18-45-29-12-11-26(36)20-27(29)32(43)38-28)14-16-41(17-15-35)21-30(42)39-34-40-31(24(3)46-34)25-9-5-4-6-10-25/h4-12,20,23,28H,13-19,21-22H2,1-3H3,(H,37,44)(H,38,43)(H,39,40,42)/b8-7+/t28-/m0/s1. The Hall–Kier alpha value is -3.73. The van der Waals surface area contributed by atoms with Gasteiger partial charge in [0.2, 0.25) is 11.8 Å². The van der Waals surface area contributed by atoms with Crippen LogP contribution in [0.3, 0.4) is 0 Å². The maximum absolute atomic E-state index is 13.5. The topological polar surface area (TPSA) is 113 Å². The predicted molar refractivity (Wildman–Crippen MR) is 183 cm³/mol. The van der Waals surface area contributed by atoms with Crippen molar-refractivity contribution in [3.63, 3.8) is 0 Å². The summed E-state index contributed by atoms with van der Waals surface area (Å²) in [6, 6.07) is 14.2. The monoisotopic (exact) mass is 663 g/mol. The lowest BCUT2D eigenvalue weighted by molar-refractivity contribution is -0.124. The molecule has 46 heavy (non-hydrogen) atoms. The zero-order valence-electron chi connectivity index (χ0n) is 26.6. The van der Waals surface area contributed by atoms with E-state index in [2.05, 4.69) is 31.9 Å². The second-order valence-corrected chi connectivity index (χ2v) is 14.3. The van der Waals surface area contributed by atoms with Crippen molar-refractivity contribution in [3.05, 3.63) is 76.1 Å². The van der Waals surface area contributed by atoms with Crippen LogP contribution in [0.2, 0.25) is 5.02 Å². The number of aromatic nitrogens is 1. The molecular formula is C35H42ClN5O4S. The zero-order chi connectivity index (χ0) is 32.7. The van der Waals surface area contributed by atoms with Gasteiger partial charge in [0.1, 0.15) is 18.4 Å². The minimum absolute atomic E-state index is 0.0884.